The molecule has 5 heteroatoms. The van der Waals surface area contributed by atoms with Gasteiger partial charge in [-0.05, 0) is 19.8 Å². The molecule has 0 aromatic carbocycles. The summed E-state index contributed by atoms with van der Waals surface area (Å²) in [7, 11) is 0. The molecule has 0 aromatic rings. The minimum absolute atomic E-state index is 0.00317. The first-order valence-corrected chi connectivity index (χ1v) is 5.90. The average Bonchev–Trinajstić information content (AvgIpc) is 2.71. The predicted octanol–water partition coefficient (Wildman–Crippen LogP) is -0.652. The molecule has 0 saturated carbocycles. The number of nitrogens with zero attached hydrogens (tertiary/aromatic N) is 1. The number of ether oxygens (including phenoxy) is 1. The van der Waals surface area contributed by atoms with Crippen LogP contribution in [0.5, 0.6) is 0 Å². The normalized spacial score (nSPS) is 27.9. The summed E-state index contributed by atoms with van der Waals surface area (Å²) in [6, 6.07) is 0.00317. The summed E-state index contributed by atoms with van der Waals surface area (Å²) in [6.45, 7) is 4.57. The fourth-order valence-electron chi connectivity index (χ4n) is 2.25. The Hall–Kier alpha value is -0.650. The maximum atomic E-state index is 11.9. The highest BCUT2D eigenvalue weighted by molar-refractivity contribution is 5.78. The molecule has 2 N–H and O–H groups in total. The van der Waals surface area contributed by atoms with Crippen LogP contribution in [0.25, 0.3) is 0 Å². The molecule has 0 radical (unpaired) electrons. The van der Waals surface area contributed by atoms with Crippen LogP contribution >= 0.6 is 0 Å². The smallest absolute Gasteiger partial charge is 0.248 e. The van der Waals surface area contributed by atoms with Crippen molar-refractivity contribution in [2.45, 2.75) is 31.4 Å². The van der Waals surface area contributed by atoms with Crippen LogP contribution in [-0.4, -0.2) is 60.4 Å². The van der Waals surface area contributed by atoms with Gasteiger partial charge in [-0.15, -0.1) is 0 Å². The van der Waals surface area contributed by atoms with Crippen LogP contribution in [-0.2, 0) is 9.53 Å². The van der Waals surface area contributed by atoms with Gasteiger partial charge in [0.05, 0.1) is 18.2 Å². The monoisotopic (exact) mass is 228 g/mol. The number of amides is 1. The van der Waals surface area contributed by atoms with Crippen molar-refractivity contribution < 1.29 is 14.6 Å². The molecular formula is C11H20N2O3. The predicted molar refractivity (Wildman–Crippen MR) is 59.0 cm³/mol. The minimum Gasteiger partial charge on any atom is -0.394 e. The van der Waals surface area contributed by atoms with Crippen molar-refractivity contribution in [1.29, 1.82) is 0 Å². The Morgan fingerprint density at radius 2 is 2.38 bits per heavy atom. The summed E-state index contributed by atoms with van der Waals surface area (Å²) in [6.07, 6.45) is 1.89. The molecule has 5 nitrogen and oxygen atoms in total. The molecule has 16 heavy (non-hydrogen) atoms. The second-order valence-corrected chi connectivity index (χ2v) is 4.91. The first-order valence-electron chi connectivity index (χ1n) is 5.90. The van der Waals surface area contributed by atoms with E-state index in [4.69, 9.17) is 9.84 Å². The standard InChI is InChI=1S/C11H20N2O3/c1-11(7-12-8-11)16-6-10(15)13-4-2-3-9(13)5-14/h9,12,14H,2-8H2,1H3/t9-/m1/s1. The zero-order valence-electron chi connectivity index (χ0n) is 9.74. The lowest BCUT2D eigenvalue weighted by Crippen LogP contribution is -2.59. The maximum Gasteiger partial charge on any atom is 0.248 e. The third kappa shape index (κ3) is 2.36. The molecule has 1 atom stereocenters. The molecule has 0 bridgehead atoms. The van der Waals surface area contributed by atoms with Crippen molar-refractivity contribution in [1.82, 2.24) is 10.2 Å². The summed E-state index contributed by atoms with van der Waals surface area (Å²) >= 11 is 0. The average molecular weight is 228 g/mol. The third-order valence-electron chi connectivity index (χ3n) is 3.45. The molecule has 2 aliphatic heterocycles. The van der Waals surface area contributed by atoms with Crippen molar-refractivity contribution in [2.24, 2.45) is 0 Å². The molecule has 2 fully saturated rings. The third-order valence-corrected chi connectivity index (χ3v) is 3.45. The van der Waals surface area contributed by atoms with Crippen LogP contribution in [0.15, 0.2) is 0 Å². The fourth-order valence-corrected chi connectivity index (χ4v) is 2.25. The first-order chi connectivity index (χ1) is 7.64. The number of hydrogen-bond donors (Lipinski definition) is 2. The van der Waals surface area contributed by atoms with Gasteiger partial charge in [0.25, 0.3) is 0 Å². The first kappa shape index (κ1) is 11.8. The van der Waals surface area contributed by atoms with E-state index in [1.54, 1.807) is 4.90 Å². The van der Waals surface area contributed by atoms with Gasteiger partial charge in [0.2, 0.25) is 5.91 Å². The number of rotatable bonds is 4. The highest BCUT2D eigenvalue weighted by Crippen LogP contribution is 2.19. The number of aliphatic hydroxyl groups excluding tert-OH is 1. The molecular weight excluding hydrogens is 208 g/mol. The lowest BCUT2D eigenvalue weighted by atomic mass is 10.0. The molecule has 92 valence electrons. The van der Waals surface area contributed by atoms with Gasteiger partial charge in [0.15, 0.2) is 0 Å². The summed E-state index contributed by atoms with van der Waals surface area (Å²) in [5.41, 5.74) is -0.176. The number of nitrogens with one attached hydrogen (secondary N) is 1. The van der Waals surface area contributed by atoms with E-state index in [-0.39, 0.29) is 30.8 Å². The van der Waals surface area contributed by atoms with Gasteiger partial charge in [-0.25, -0.2) is 0 Å². The SMILES string of the molecule is CC1(OCC(=O)N2CCC[C@@H]2CO)CNC1. The van der Waals surface area contributed by atoms with Crippen LogP contribution in [0, 0.1) is 0 Å². The summed E-state index contributed by atoms with van der Waals surface area (Å²) in [4.78, 5) is 13.6. The Morgan fingerprint density at radius 1 is 1.62 bits per heavy atom. The Bertz CT molecular complexity index is 266. The van der Waals surface area contributed by atoms with Crippen molar-refractivity contribution in [3.8, 4) is 0 Å². The number of carbonyl (C=O) groups is 1. The van der Waals surface area contributed by atoms with Crippen molar-refractivity contribution >= 4 is 5.91 Å². The van der Waals surface area contributed by atoms with Crippen molar-refractivity contribution in [3.05, 3.63) is 0 Å². The largest absolute Gasteiger partial charge is 0.394 e. The summed E-state index contributed by atoms with van der Waals surface area (Å²) in [5.74, 6) is 0.00433. The van der Waals surface area contributed by atoms with E-state index in [9.17, 15) is 4.79 Å². The molecule has 2 rings (SSSR count). The zero-order valence-corrected chi connectivity index (χ0v) is 9.74. The van der Waals surface area contributed by atoms with E-state index in [0.717, 1.165) is 32.5 Å². The number of hydrogen-bond acceptors (Lipinski definition) is 4. The molecule has 0 spiro atoms. The highest BCUT2D eigenvalue weighted by Gasteiger charge is 2.35. The number of likely N-dealkylation sites (tertiary alicyclic amines) is 1. The van der Waals surface area contributed by atoms with Crippen molar-refractivity contribution in [2.75, 3.05) is 32.8 Å². The van der Waals surface area contributed by atoms with Crippen LogP contribution in [0.2, 0.25) is 0 Å². The lowest BCUT2D eigenvalue weighted by Gasteiger charge is -2.39. The molecule has 2 saturated heterocycles. The topological polar surface area (TPSA) is 61.8 Å². The van der Waals surface area contributed by atoms with E-state index in [1.165, 1.54) is 0 Å². The van der Waals surface area contributed by atoms with Crippen LogP contribution in [0.4, 0.5) is 0 Å². The quantitative estimate of drug-likeness (QED) is 0.671. The van der Waals surface area contributed by atoms with Gasteiger partial charge in [-0.3, -0.25) is 4.79 Å². The Kier molecular flexibility index (Phi) is 3.47. The van der Waals surface area contributed by atoms with Gasteiger partial charge >= 0.3 is 0 Å². The molecule has 2 aliphatic rings. The lowest BCUT2D eigenvalue weighted by molar-refractivity contribution is -0.147. The Balaban J connectivity index is 1.78. The van der Waals surface area contributed by atoms with E-state index < -0.39 is 0 Å². The van der Waals surface area contributed by atoms with Gasteiger partial charge < -0.3 is 20.1 Å². The fraction of sp³-hybridized carbons (Fsp3) is 0.909. The maximum absolute atomic E-state index is 11.9. The van der Waals surface area contributed by atoms with E-state index in [1.807, 2.05) is 6.92 Å². The second kappa shape index (κ2) is 4.69. The molecule has 0 aliphatic carbocycles. The molecule has 0 aromatic heterocycles. The summed E-state index contributed by atoms with van der Waals surface area (Å²) in [5, 5.41) is 12.3. The van der Waals surface area contributed by atoms with Crippen LogP contribution in [0.1, 0.15) is 19.8 Å². The number of aliphatic hydroxyl groups is 1. The van der Waals surface area contributed by atoms with Crippen LogP contribution < -0.4 is 5.32 Å². The second-order valence-electron chi connectivity index (χ2n) is 4.91. The highest BCUT2D eigenvalue weighted by atomic mass is 16.5. The minimum atomic E-state index is -0.176. The van der Waals surface area contributed by atoms with E-state index >= 15 is 0 Å². The van der Waals surface area contributed by atoms with Gasteiger partial charge in [0, 0.05) is 19.6 Å². The zero-order chi connectivity index (χ0) is 11.6. The molecule has 0 unspecified atom stereocenters. The van der Waals surface area contributed by atoms with E-state index in [2.05, 4.69) is 5.32 Å². The summed E-state index contributed by atoms with van der Waals surface area (Å²) < 4.78 is 5.60. The molecule has 1 amide bonds. The Morgan fingerprint density at radius 3 is 2.94 bits per heavy atom. The van der Waals surface area contributed by atoms with E-state index in [0.29, 0.717) is 0 Å². The van der Waals surface area contributed by atoms with Gasteiger partial charge in [-0.2, -0.15) is 0 Å². The van der Waals surface area contributed by atoms with Crippen molar-refractivity contribution in [3.63, 3.8) is 0 Å². The van der Waals surface area contributed by atoms with Gasteiger partial charge in [-0.1, -0.05) is 0 Å². The Labute approximate surface area is 95.8 Å². The van der Waals surface area contributed by atoms with Gasteiger partial charge in [0.1, 0.15) is 6.61 Å². The van der Waals surface area contributed by atoms with Crippen LogP contribution in [0.3, 0.4) is 0 Å². The number of carbonyl (C=O) groups excluding carboxylic acids is 1. The molecule has 2 heterocycles.